The molecule has 1 aliphatic rings. The van der Waals surface area contributed by atoms with Gasteiger partial charge >= 0.3 is 0 Å². The highest BCUT2D eigenvalue weighted by Gasteiger charge is 2.25. The molecule has 2 amide bonds. The fourth-order valence-corrected chi connectivity index (χ4v) is 3.10. The summed E-state index contributed by atoms with van der Waals surface area (Å²) in [5.74, 6) is -0.304. The van der Waals surface area contributed by atoms with Crippen LogP contribution in [0, 0.1) is 6.92 Å². The standard InChI is InChI=1S/C20H20N4O4/c1-11-22-16-5-3-4-12(17(16)28-11)9-24-10-13(18(25)23-14-6-7-14)8-15(20(24)27)19(26)21-2/h3-5,8,10,14H,6-7,9H2,1-2H3,(H,21,26)(H,23,25). The van der Waals surface area contributed by atoms with Crippen molar-refractivity contribution in [1.29, 1.82) is 0 Å². The number of aryl methyl sites for hydroxylation is 1. The lowest BCUT2D eigenvalue weighted by Crippen LogP contribution is -2.34. The maximum absolute atomic E-state index is 12.8. The highest BCUT2D eigenvalue weighted by molar-refractivity contribution is 5.99. The highest BCUT2D eigenvalue weighted by atomic mass is 16.3. The minimum absolute atomic E-state index is 0.0770. The normalized spacial score (nSPS) is 13.5. The molecule has 1 aliphatic carbocycles. The van der Waals surface area contributed by atoms with Crippen LogP contribution in [0.15, 0.2) is 39.7 Å². The summed E-state index contributed by atoms with van der Waals surface area (Å²) in [6, 6.07) is 6.99. The van der Waals surface area contributed by atoms with Crippen LogP contribution in [0.25, 0.3) is 11.1 Å². The Bertz CT molecular complexity index is 1140. The van der Waals surface area contributed by atoms with Crippen molar-refractivity contribution in [2.45, 2.75) is 32.4 Å². The molecule has 4 rings (SSSR count). The Morgan fingerprint density at radius 1 is 1.29 bits per heavy atom. The van der Waals surface area contributed by atoms with E-state index in [2.05, 4.69) is 15.6 Å². The third-order valence-electron chi connectivity index (χ3n) is 4.68. The van der Waals surface area contributed by atoms with Crippen LogP contribution in [0.3, 0.4) is 0 Å². The lowest BCUT2D eigenvalue weighted by Gasteiger charge is -2.12. The predicted octanol–water partition coefficient (Wildman–Crippen LogP) is 1.60. The fraction of sp³-hybridized carbons (Fsp3) is 0.300. The molecule has 0 atom stereocenters. The van der Waals surface area contributed by atoms with Gasteiger partial charge in [-0.1, -0.05) is 12.1 Å². The molecule has 1 aromatic carbocycles. The third kappa shape index (κ3) is 3.40. The van der Waals surface area contributed by atoms with Gasteiger partial charge in [0, 0.05) is 31.8 Å². The van der Waals surface area contributed by atoms with Crippen molar-refractivity contribution in [3.05, 3.63) is 63.4 Å². The summed E-state index contributed by atoms with van der Waals surface area (Å²) in [5.41, 5.74) is 1.73. The average Bonchev–Trinajstić information content (AvgIpc) is 3.40. The molecular weight excluding hydrogens is 360 g/mol. The van der Waals surface area contributed by atoms with Gasteiger partial charge in [-0.2, -0.15) is 0 Å². The number of fused-ring (bicyclic) bond motifs is 1. The molecule has 0 spiro atoms. The zero-order valence-electron chi connectivity index (χ0n) is 15.6. The van der Waals surface area contributed by atoms with Crippen molar-refractivity contribution in [2.24, 2.45) is 0 Å². The first-order valence-corrected chi connectivity index (χ1v) is 9.08. The molecule has 3 aromatic rings. The molecule has 2 N–H and O–H groups in total. The van der Waals surface area contributed by atoms with Crippen LogP contribution < -0.4 is 16.2 Å². The van der Waals surface area contributed by atoms with Gasteiger partial charge in [-0.25, -0.2) is 4.98 Å². The number of pyridine rings is 1. The van der Waals surface area contributed by atoms with E-state index in [4.69, 9.17) is 4.42 Å². The number of hydrogen-bond donors (Lipinski definition) is 2. The Morgan fingerprint density at radius 3 is 2.79 bits per heavy atom. The number of oxazole rings is 1. The molecule has 1 fully saturated rings. The predicted molar refractivity (Wildman–Crippen MR) is 102 cm³/mol. The number of carbonyl (C=O) groups is 2. The second-order valence-electron chi connectivity index (χ2n) is 6.90. The molecular formula is C20H20N4O4. The molecule has 0 unspecified atom stereocenters. The summed E-state index contributed by atoms with van der Waals surface area (Å²) in [4.78, 5) is 41.8. The van der Waals surface area contributed by atoms with E-state index >= 15 is 0 Å². The van der Waals surface area contributed by atoms with Gasteiger partial charge in [-0.15, -0.1) is 0 Å². The number of hydrogen-bond acceptors (Lipinski definition) is 5. The minimum Gasteiger partial charge on any atom is -0.441 e. The van der Waals surface area contributed by atoms with Crippen LogP contribution in [-0.2, 0) is 6.54 Å². The Balaban J connectivity index is 1.78. The third-order valence-corrected chi connectivity index (χ3v) is 4.68. The summed E-state index contributed by atoms with van der Waals surface area (Å²) in [6.45, 7) is 1.90. The van der Waals surface area contributed by atoms with Gasteiger partial charge in [-0.3, -0.25) is 14.4 Å². The molecule has 2 heterocycles. The maximum atomic E-state index is 12.8. The summed E-state index contributed by atoms with van der Waals surface area (Å²) < 4.78 is 7.02. The van der Waals surface area contributed by atoms with Gasteiger partial charge in [0.05, 0.1) is 12.1 Å². The van der Waals surface area contributed by atoms with Crippen LogP contribution in [0.2, 0.25) is 0 Å². The second-order valence-corrected chi connectivity index (χ2v) is 6.90. The Hall–Kier alpha value is -3.42. The van der Waals surface area contributed by atoms with Gasteiger partial charge in [0.2, 0.25) is 0 Å². The van der Waals surface area contributed by atoms with E-state index in [-0.39, 0.29) is 29.6 Å². The second kappa shape index (κ2) is 6.95. The lowest BCUT2D eigenvalue weighted by atomic mass is 10.1. The van der Waals surface area contributed by atoms with E-state index in [9.17, 15) is 14.4 Å². The topological polar surface area (TPSA) is 106 Å². The zero-order valence-corrected chi connectivity index (χ0v) is 15.6. The summed E-state index contributed by atoms with van der Waals surface area (Å²) in [7, 11) is 1.45. The van der Waals surface area contributed by atoms with Gasteiger partial charge in [0.1, 0.15) is 11.1 Å². The summed E-state index contributed by atoms with van der Waals surface area (Å²) in [5, 5.41) is 5.34. The molecule has 8 heteroatoms. The summed E-state index contributed by atoms with van der Waals surface area (Å²) >= 11 is 0. The zero-order chi connectivity index (χ0) is 19.8. The van der Waals surface area contributed by atoms with Gasteiger partial charge in [0.25, 0.3) is 17.4 Å². The first-order valence-electron chi connectivity index (χ1n) is 9.08. The van der Waals surface area contributed by atoms with Crippen LogP contribution in [0.1, 0.15) is 45.0 Å². The number of benzene rings is 1. The van der Waals surface area contributed by atoms with E-state index in [0.717, 1.165) is 18.4 Å². The molecule has 28 heavy (non-hydrogen) atoms. The molecule has 2 aromatic heterocycles. The smallest absolute Gasteiger partial charge is 0.263 e. The molecule has 0 saturated heterocycles. The van der Waals surface area contributed by atoms with E-state index in [1.807, 2.05) is 18.2 Å². The van der Waals surface area contributed by atoms with Crippen molar-refractivity contribution < 1.29 is 14.0 Å². The largest absolute Gasteiger partial charge is 0.441 e. The molecule has 1 saturated carbocycles. The number of amides is 2. The van der Waals surface area contributed by atoms with Gasteiger partial charge in [-0.05, 0) is 25.0 Å². The average molecular weight is 380 g/mol. The SMILES string of the molecule is CNC(=O)c1cc(C(=O)NC2CC2)cn(Cc2cccc3nc(C)oc23)c1=O. The minimum atomic E-state index is -0.534. The number of carbonyl (C=O) groups excluding carboxylic acids is 2. The lowest BCUT2D eigenvalue weighted by molar-refractivity contribution is 0.0950. The highest BCUT2D eigenvalue weighted by Crippen LogP contribution is 2.21. The Morgan fingerprint density at radius 2 is 2.07 bits per heavy atom. The van der Waals surface area contributed by atoms with Crippen molar-refractivity contribution in [3.8, 4) is 0 Å². The molecule has 0 bridgehead atoms. The van der Waals surface area contributed by atoms with Gasteiger partial charge < -0.3 is 19.6 Å². The first-order chi connectivity index (χ1) is 13.5. The van der Waals surface area contributed by atoms with Crippen molar-refractivity contribution >= 4 is 22.9 Å². The quantitative estimate of drug-likeness (QED) is 0.699. The fourth-order valence-electron chi connectivity index (χ4n) is 3.10. The number of para-hydroxylation sites is 1. The summed E-state index contributed by atoms with van der Waals surface area (Å²) in [6.07, 6.45) is 3.37. The Labute approximate surface area is 160 Å². The number of rotatable bonds is 5. The van der Waals surface area contributed by atoms with E-state index in [0.29, 0.717) is 17.0 Å². The van der Waals surface area contributed by atoms with E-state index in [1.165, 1.54) is 23.9 Å². The number of aromatic nitrogens is 2. The van der Waals surface area contributed by atoms with Crippen LogP contribution >= 0.6 is 0 Å². The van der Waals surface area contributed by atoms with Crippen LogP contribution in [-0.4, -0.2) is 34.5 Å². The van der Waals surface area contributed by atoms with Gasteiger partial charge in [0.15, 0.2) is 11.5 Å². The number of nitrogens with one attached hydrogen (secondary N) is 2. The van der Waals surface area contributed by atoms with E-state index in [1.54, 1.807) is 6.92 Å². The van der Waals surface area contributed by atoms with Crippen LogP contribution in [0.5, 0.6) is 0 Å². The molecule has 8 nitrogen and oxygen atoms in total. The monoisotopic (exact) mass is 380 g/mol. The maximum Gasteiger partial charge on any atom is 0.263 e. The molecule has 0 radical (unpaired) electrons. The Kier molecular flexibility index (Phi) is 4.46. The molecule has 0 aliphatic heterocycles. The van der Waals surface area contributed by atoms with E-state index < -0.39 is 11.5 Å². The van der Waals surface area contributed by atoms with Crippen molar-refractivity contribution in [3.63, 3.8) is 0 Å². The van der Waals surface area contributed by atoms with Crippen LogP contribution in [0.4, 0.5) is 0 Å². The molecule has 144 valence electrons. The van der Waals surface area contributed by atoms with Crippen molar-refractivity contribution in [2.75, 3.05) is 7.05 Å². The number of nitrogens with zero attached hydrogens (tertiary/aromatic N) is 2. The first kappa shape index (κ1) is 18.0. The van der Waals surface area contributed by atoms with Crippen molar-refractivity contribution in [1.82, 2.24) is 20.2 Å².